The van der Waals surface area contributed by atoms with Crippen LogP contribution in [0, 0.1) is 0 Å². The number of phosphoric acid groups is 1. The number of aromatic amines is 1. The highest BCUT2D eigenvalue weighted by atomic mass is 31.2. The Kier molecular flexibility index (Phi) is 3.33. The van der Waals surface area contributed by atoms with E-state index >= 15 is 0 Å². The second-order valence-electron chi connectivity index (χ2n) is 5.01. The fourth-order valence-electron chi connectivity index (χ4n) is 2.94. The van der Waals surface area contributed by atoms with Crippen molar-refractivity contribution in [2.75, 3.05) is 5.32 Å². The summed E-state index contributed by atoms with van der Waals surface area (Å²) in [4.78, 5) is 37.3. The van der Waals surface area contributed by atoms with Gasteiger partial charge in [0.15, 0.2) is 0 Å². The Hall–Kier alpha value is -1.74. The maximum atomic E-state index is 11.7. The van der Waals surface area contributed by atoms with Gasteiger partial charge in [0.25, 0.3) is 5.56 Å². The molecular weight excluding hydrogens is 301 g/mol. The maximum Gasteiger partial charge on any atom is 0.466 e. The van der Waals surface area contributed by atoms with E-state index in [1.54, 1.807) is 6.20 Å². The van der Waals surface area contributed by atoms with Gasteiger partial charge in [-0.15, -0.1) is 0 Å². The monoisotopic (exact) mass is 315 g/mol. The van der Waals surface area contributed by atoms with Crippen LogP contribution in [0.25, 0.3) is 11.0 Å². The van der Waals surface area contributed by atoms with E-state index in [1.807, 2.05) is 0 Å². The van der Waals surface area contributed by atoms with Crippen LogP contribution in [0.2, 0.25) is 0 Å². The van der Waals surface area contributed by atoms with Crippen LogP contribution in [0.3, 0.4) is 0 Å². The smallest absolute Gasteiger partial charge is 0.351 e. The van der Waals surface area contributed by atoms with Gasteiger partial charge in [0.05, 0.1) is 12.2 Å². The average molecular weight is 315 g/mol. The molecule has 5 N–H and O–H groups in total. The standard InChI is InChI=1S/C10H11N5O.H3O4P/c16-9-5-4-11-14-8(5)15-7-3-1-2-6(7)12-10(15)13-9;1-5(2,3)4/h4,6-7H,1-3H2,(H,11,14)(H,12,13,16);(H3,1,2,3,4). The lowest BCUT2D eigenvalue weighted by atomic mass is 10.2. The van der Waals surface area contributed by atoms with Crippen molar-refractivity contribution in [2.45, 2.75) is 31.3 Å². The van der Waals surface area contributed by atoms with Gasteiger partial charge in [0.2, 0.25) is 5.95 Å². The highest BCUT2D eigenvalue weighted by Gasteiger charge is 2.37. The van der Waals surface area contributed by atoms with E-state index in [4.69, 9.17) is 19.2 Å². The van der Waals surface area contributed by atoms with Crippen molar-refractivity contribution in [3.63, 3.8) is 0 Å². The first-order valence-corrected chi connectivity index (χ1v) is 7.91. The largest absolute Gasteiger partial charge is 0.466 e. The minimum Gasteiger partial charge on any atom is -0.351 e. The van der Waals surface area contributed by atoms with Crippen molar-refractivity contribution in [2.24, 2.45) is 0 Å². The van der Waals surface area contributed by atoms with Gasteiger partial charge in [0, 0.05) is 6.04 Å². The van der Waals surface area contributed by atoms with Crippen LogP contribution in [-0.4, -0.2) is 40.5 Å². The normalized spacial score (nSPS) is 23.2. The molecule has 21 heavy (non-hydrogen) atoms. The van der Waals surface area contributed by atoms with Crippen LogP contribution in [-0.2, 0) is 4.57 Å². The maximum absolute atomic E-state index is 11.7. The number of aromatic nitrogens is 4. The second-order valence-corrected chi connectivity index (χ2v) is 6.03. The zero-order valence-electron chi connectivity index (χ0n) is 10.8. The predicted octanol–water partition coefficient (Wildman–Crippen LogP) is -0.290. The highest BCUT2D eigenvalue weighted by molar-refractivity contribution is 7.45. The summed E-state index contributed by atoms with van der Waals surface area (Å²) in [5.41, 5.74) is 0.597. The number of nitrogens with one attached hydrogen (secondary N) is 2. The highest BCUT2D eigenvalue weighted by Crippen LogP contribution is 2.39. The van der Waals surface area contributed by atoms with E-state index in [0.717, 1.165) is 18.5 Å². The van der Waals surface area contributed by atoms with Crippen LogP contribution in [0.4, 0.5) is 5.95 Å². The van der Waals surface area contributed by atoms with Gasteiger partial charge in [-0.3, -0.25) is 14.5 Å². The zero-order valence-corrected chi connectivity index (χ0v) is 11.7. The summed E-state index contributed by atoms with van der Waals surface area (Å²) >= 11 is 0. The van der Waals surface area contributed by atoms with E-state index in [1.165, 1.54) is 6.42 Å². The number of hydrogen-bond acceptors (Lipinski definition) is 5. The molecule has 2 aliphatic rings. The number of fused-ring (bicyclic) bond motifs is 5. The zero-order chi connectivity index (χ0) is 15.2. The van der Waals surface area contributed by atoms with Crippen LogP contribution in [0.15, 0.2) is 11.0 Å². The summed E-state index contributed by atoms with van der Waals surface area (Å²) < 4.78 is 11.0. The summed E-state index contributed by atoms with van der Waals surface area (Å²) in [5.74, 6) is 0.691. The fraction of sp³-hybridized carbons (Fsp3) is 0.500. The van der Waals surface area contributed by atoms with Crippen molar-refractivity contribution in [1.82, 2.24) is 19.7 Å². The van der Waals surface area contributed by atoms with Gasteiger partial charge in [-0.05, 0) is 19.3 Å². The summed E-state index contributed by atoms with van der Waals surface area (Å²) in [7, 11) is -4.64. The molecule has 0 amide bonds. The summed E-state index contributed by atoms with van der Waals surface area (Å²) in [6.45, 7) is 0. The first-order valence-electron chi connectivity index (χ1n) is 6.35. The molecule has 0 bridgehead atoms. The number of H-pyrrole nitrogens is 1. The molecule has 2 unspecified atom stereocenters. The molecule has 114 valence electrons. The molecule has 2 aromatic heterocycles. The fourth-order valence-corrected chi connectivity index (χ4v) is 2.94. The summed E-state index contributed by atoms with van der Waals surface area (Å²) in [6, 6.07) is 0.854. The molecule has 0 spiro atoms. The Morgan fingerprint density at radius 2 is 2.05 bits per heavy atom. The first-order chi connectivity index (χ1) is 9.84. The van der Waals surface area contributed by atoms with Gasteiger partial charge in [-0.1, -0.05) is 0 Å². The Morgan fingerprint density at radius 1 is 1.33 bits per heavy atom. The van der Waals surface area contributed by atoms with E-state index in [0.29, 0.717) is 23.4 Å². The van der Waals surface area contributed by atoms with Crippen molar-refractivity contribution in [3.8, 4) is 0 Å². The van der Waals surface area contributed by atoms with E-state index in [2.05, 4.69) is 25.1 Å². The molecule has 0 aromatic carbocycles. The van der Waals surface area contributed by atoms with E-state index < -0.39 is 7.82 Å². The van der Waals surface area contributed by atoms with Gasteiger partial charge < -0.3 is 20.0 Å². The number of rotatable bonds is 0. The molecule has 1 aliphatic heterocycles. The first kappa shape index (κ1) is 14.2. The number of nitrogens with zero attached hydrogens (tertiary/aromatic N) is 3. The second kappa shape index (κ2) is 4.92. The summed E-state index contributed by atoms with van der Waals surface area (Å²) in [6.07, 6.45) is 5.07. The molecule has 1 fully saturated rings. The van der Waals surface area contributed by atoms with E-state index in [9.17, 15) is 4.79 Å². The van der Waals surface area contributed by atoms with Gasteiger partial charge in [0.1, 0.15) is 11.0 Å². The van der Waals surface area contributed by atoms with Crippen molar-refractivity contribution in [1.29, 1.82) is 0 Å². The lowest BCUT2D eigenvalue weighted by Crippen LogP contribution is -2.15. The molecule has 1 aliphatic carbocycles. The van der Waals surface area contributed by atoms with Crippen LogP contribution in [0.1, 0.15) is 25.3 Å². The van der Waals surface area contributed by atoms with Crippen LogP contribution in [0.5, 0.6) is 0 Å². The molecule has 0 radical (unpaired) electrons. The SMILES string of the molecule is O=P(O)(O)O.O=c1nc2n(c3[nH]ncc13)C1CCCC1N2. The predicted molar refractivity (Wildman–Crippen MR) is 72.7 cm³/mol. The molecule has 1 saturated carbocycles. The molecule has 11 heteroatoms. The van der Waals surface area contributed by atoms with Crippen molar-refractivity contribution >= 4 is 24.8 Å². The van der Waals surface area contributed by atoms with Crippen LogP contribution < -0.4 is 10.9 Å². The lowest BCUT2D eigenvalue weighted by molar-refractivity contribution is 0.275. The van der Waals surface area contributed by atoms with E-state index in [-0.39, 0.29) is 5.56 Å². The third kappa shape index (κ3) is 2.70. The number of anilines is 1. The minimum absolute atomic E-state index is 0.206. The van der Waals surface area contributed by atoms with Crippen molar-refractivity contribution in [3.05, 3.63) is 16.6 Å². The molecule has 10 nitrogen and oxygen atoms in total. The quantitative estimate of drug-likeness (QED) is 0.416. The number of hydrogen-bond donors (Lipinski definition) is 5. The van der Waals surface area contributed by atoms with Gasteiger partial charge >= 0.3 is 7.82 Å². The van der Waals surface area contributed by atoms with Gasteiger partial charge in [-0.25, -0.2) is 4.57 Å². The Balaban J connectivity index is 0.000000233. The molecule has 2 atom stereocenters. The Bertz CT molecular complexity index is 771. The molecular formula is C10H14N5O5P. The van der Waals surface area contributed by atoms with Crippen molar-refractivity contribution < 1.29 is 19.2 Å². The van der Waals surface area contributed by atoms with Gasteiger partial charge in [-0.2, -0.15) is 10.1 Å². The van der Waals surface area contributed by atoms with Crippen LogP contribution >= 0.6 is 7.82 Å². The third-order valence-electron chi connectivity index (χ3n) is 3.65. The topological polar surface area (TPSA) is 153 Å². The Morgan fingerprint density at radius 3 is 2.76 bits per heavy atom. The molecule has 0 saturated heterocycles. The molecule has 4 rings (SSSR count). The average Bonchev–Trinajstić information content (AvgIpc) is 2.98. The lowest BCUT2D eigenvalue weighted by Gasteiger charge is -2.11. The molecule has 2 aromatic rings. The minimum atomic E-state index is -4.64. The molecule has 3 heterocycles. The Labute approximate surface area is 118 Å². The summed E-state index contributed by atoms with van der Waals surface area (Å²) in [5, 5.41) is 10.8. The third-order valence-corrected chi connectivity index (χ3v) is 3.65.